The summed E-state index contributed by atoms with van der Waals surface area (Å²) in [5.41, 5.74) is 1.06. The van der Waals surface area contributed by atoms with Gasteiger partial charge in [-0.3, -0.25) is 4.90 Å². The molecule has 0 radical (unpaired) electrons. The van der Waals surface area contributed by atoms with Gasteiger partial charge in [-0.05, 0) is 12.1 Å². The van der Waals surface area contributed by atoms with Crippen LogP contribution in [0, 0.1) is 11.3 Å². The summed E-state index contributed by atoms with van der Waals surface area (Å²) in [5.74, 6) is -0.108. The van der Waals surface area contributed by atoms with Gasteiger partial charge in [-0.15, -0.1) is 0 Å². The van der Waals surface area contributed by atoms with Crippen LogP contribution >= 0.6 is 0 Å². The van der Waals surface area contributed by atoms with Gasteiger partial charge in [0.1, 0.15) is 6.04 Å². The van der Waals surface area contributed by atoms with Crippen molar-refractivity contribution in [2.75, 3.05) is 20.8 Å². The van der Waals surface area contributed by atoms with Crippen molar-refractivity contribution in [3.05, 3.63) is 23.4 Å². The molecule has 6 nitrogen and oxygen atoms in total. The minimum Gasteiger partial charge on any atom is -0.481 e. The molecule has 1 fully saturated rings. The van der Waals surface area contributed by atoms with Gasteiger partial charge in [-0.2, -0.15) is 5.26 Å². The van der Waals surface area contributed by atoms with Gasteiger partial charge in [0.25, 0.3) is 0 Å². The Kier molecular flexibility index (Phi) is 3.44. The van der Waals surface area contributed by atoms with E-state index in [1.807, 2.05) is 4.90 Å². The highest BCUT2D eigenvalue weighted by Crippen LogP contribution is 2.25. The molecule has 0 aromatic carbocycles. The first-order valence-corrected chi connectivity index (χ1v) is 5.45. The van der Waals surface area contributed by atoms with Crippen LogP contribution in [0.15, 0.2) is 12.1 Å². The maximum Gasteiger partial charge on any atom is 0.356 e. The van der Waals surface area contributed by atoms with Crippen LogP contribution in [-0.2, 0) is 11.3 Å². The number of carbonyl (C=O) groups is 1. The highest BCUT2D eigenvalue weighted by Gasteiger charge is 2.34. The molecule has 94 valence electrons. The molecule has 6 heteroatoms. The number of aromatic nitrogens is 1. The first kappa shape index (κ1) is 12.3. The lowest BCUT2D eigenvalue weighted by atomic mass is 10.2. The van der Waals surface area contributed by atoms with Crippen LogP contribution in [-0.4, -0.2) is 42.7 Å². The fraction of sp³-hybridized carbons (Fsp3) is 0.417. The Bertz CT molecular complexity index is 510. The lowest BCUT2D eigenvalue weighted by molar-refractivity contribution is 0.0593. The fourth-order valence-corrected chi connectivity index (χ4v) is 1.68. The van der Waals surface area contributed by atoms with E-state index >= 15 is 0 Å². The van der Waals surface area contributed by atoms with Gasteiger partial charge in [-0.25, -0.2) is 9.78 Å². The summed E-state index contributed by atoms with van der Waals surface area (Å²) in [7, 11) is 2.80. The van der Waals surface area contributed by atoms with Crippen LogP contribution in [0.1, 0.15) is 16.1 Å². The Hall–Kier alpha value is -2.13. The van der Waals surface area contributed by atoms with Gasteiger partial charge in [-0.1, -0.05) is 0 Å². The summed E-state index contributed by atoms with van der Waals surface area (Å²) in [6.45, 7) is 1.36. The van der Waals surface area contributed by atoms with Crippen LogP contribution < -0.4 is 4.74 Å². The van der Waals surface area contributed by atoms with Crippen LogP contribution in [0.25, 0.3) is 0 Å². The van der Waals surface area contributed by atoms with Gasteiger partial charge in [0.05, 0.1) is 20.3 Å². The molecule has 2 rings (SSSR count). The second-order valence-corrected chi connectivity index (χ2v) is 3.93. The van der Waals surface area contributed by atoms with E-state index < -0.39 is 5.97 Å². The highest BCUT2D eigenvalue weighted by atomic mass is 16.5. The first-order chi connectivity index (χ1) is 8.69. The molecule has 0 N–H and O–H groups in total. The molecular formula is C12H13N3O3. The third-order valence-electron chi connectivity index (χ3n) is 2.76. The van der Waals surface area contributed by atoms with Crippen LogP contribution in [0.4, 0.5) is 0 Å². The van der Waals surface area contributed by atoms with E-state index in [-0.39, 0.29) is 11.7 Å². The number of hydrogen-bond donors (Lipinski definition) is 0. The second kappa shape index (κ2) is 5.02. The zero-order valence-corrected chi connectivity index (χ0v) is 10.2. The minimum absolute atomic E-state index is 0.0185. The van der Waals surface area contributed by atoms with Crippen LogP contribution in [0.2, 0.25) is 0 Å². The zero-order chi connectivity index (χ0) is 13.1. The molecule has 1 aliphatic heterocycles. The number of ether oxygens (including phenoxy) is 2. The summed E-state index contributed by atoms with van der Waals surface area (Å²) >= 11 is 0. The molecule has 1 saturated heterocycles. The quantitative estimate of drug-likeness (QED) is 0.572. The van der Waals surface area contributed by atoms with Gasteiger partial charge in [0.15, 0.2) is 5.69 Å². The van der Waals surface area contributed by atoms with E-state index in [2.05, 4.69) is 15.8 Å². The summed E-state index contributed by atoms with van der Waals surface area (Å²) in [6, 6.07) is 5.52. The molecule has 2 unspecified atom stereocenters. The number of esters is 1. The van der Waals surface area contributed by atoms with Gasteiger partial charge in [0.2, 0.25) is 5.88 Å². The molecule has 1 aliphatic rings. The van der Waals surface area contributed by atoms with E-state index in [1.54, 1.807) is 12.1 Å². The Morgan fingerprint density at radius 2 is 2.39 bits per heavy atom. The monoisotopic (exact) mass is 247 g/mol. The van der Waals surface area contributed by atoms with Crippen molar-refractivity contribution in [3.8, 4) is 11.9 Å². The van der Waals surface area contributed by atoms with Crippen molar-refractivity contribution >= 4 is 5.97 Å². The number of pyridine rings is 1. The number of hydrogen-bond acceptors (Lipinski definition) is 6. The largest absolute Gasteiger partial charge is 0.481 e. The molecule has 2 heterocycles. The van der Waals surface area contributed by atoms with E-state index in [0.717, 1.165) is 12.1 Å². The third kappa shape index (κ3) is 2.41. The molecule has 0 bridgehead atoms. The normalized spacial score (nSPS) is 20.9. The molecular weight excluding hydrogens is 234 g/mol. The smallest absolute Gasteiger partial charge is 0.356 e. The van der Waals surface area contributed by atoms with Gasteiger partial charge in [0, 0.05) is 18.7 Å². The number of methoxy groups -OCH3 is 2. The lowest BCUT2D eigenvalue weighted by Crippen LogP contribution is -2.09. The number of nitrogens with zero attached hydrogens (tertiary/aromatic N) is 3. The van der Waals surface area contributed by atoms with Crippen LogP contribution in [0.5, 0.6) is 5.88 Å². The van der Waals surface area contributed by atoms with Gasteiger partial charge < -0.3 is 9.47 Å². The maximum atomic E-state index is 11.3. The number of rotatable bonds is 4. The summed E-state index contributed by atoms with van der Waals surface area (Å²) in [4.78, 5) is 17.4. The van der Waals surface area contributed by atoms with Crippen molar-refractivity contribution in [2.45, 2.75) is 12.6 Å². The number of nitriles is 1. The van der Waals surface area contributed by atoms with E-state index in [9.17, 15) is 4.79 Å². The van der Waals surface area contributed by atoms with Crippen molar-refractivity contribution in [1.82, 2.24) is 9.88 Å². The summed E-state index contributed by atoms with van der Waals surface area (Å²) < 4.78 is 9.74. The standard InChI is InChI=1S/C12H13N3O3/c1-17-11-8(6-15-7-9(15)5-13)3-4-10(14-11)12(16)18-2/h3-4,9H,6-7H2,1-2H3. The predicted octanol–water partition coefficient (Wildman–Crippen LogP) is 0.585. The molecule has 0 spiro atoms. The topological polar surface area (TPSA) is 75.2 Å². The zero-order valence-electron chi connectivity index (χ0n) is 10.2. The van der Waals surface area contributed by atoms with Crippen molar-refractivity contribution in [2.24, 2.45) is 0 Å². The van der Waals surface area contributed by atoms with E-state index in [0.29, 0.717) is 12.4 Å². The molecule has 0 amide bonds. The minimum atomic E-state index is -0.499. The average Bonchev–Trinajstić information content (AvgIpc) is 3.16. The average molecular weight is 247 g/mol. The van der Waals surface area contributed by atoms with E-state index in [4.69, 9.17) is 10.00 Å². The molecule has 1 aromatic rings. The Morgan fingerprint density at radius 1 is 1.61 bits per heavy atom. The van der Waals surface area contributed by atoms with Crippen molar-refractivity contribution < 1.29 is 14.3 Å². The molecule has 1 aromatic heterocycles. The first-order valence-electron chi connectivity index (χ1n) is 5.45. The van der Waals surface area contributed by atoms with Crippen molar-refractivity contribution in [1.29, 1.82) is 5.26 Å². The Labute approximate surface area is 105 Å². The number of carbonyl (C=O) groups excluding carboxylic acids is 1. The molecule has 0 aliphatic carbocycles. The molecule has 2 atom stereocenters. The predicted molar refractivity (Wildman–Crippen MR) is 61.9 cm³/mol. The highest BCUT2D eigenvalue weighted by molar-refractivity contribution is 5.87. The SMILES string of the molecule is COC(=O)c1ccc(CN2CC2C#N)c(OC)n1. The van der Waals surface area contributed by atoms with E-state index in [1.165, 1.54) is 14.2 Å². The third-order valence-corrected chi connectivity index (χ3v) is 2.76. The van der Waals surface area contributed by atoms with Crippen molar-refractivity contribution in [3.63, 3.8) is 0 Å². The van der Waals surface area contributed by atoms with Crippen LogP contribution in [0.3, 0.4) is 0 Å². The fourth-order valence-electron chi connectivity index (χ4n) is 1.68. The summed E-state index contributed by atoms with van der Waals surface area (Å²) in [6.07, 6.45) is 0. The summed E-state index contributed by atoms with van der Waals surface area (Å²) in [5, 5.41) is 8.73. The Balaban J connectivity index is 2.16. The second-order valence-electron chi connectivity index (χ2n) is 3.93. The Morgan fingerprint density at radius 3 is 2.94 bits per heavy atom. The lowest BCUT2D eigenvalue weighted by Gasteiger charge is -2.09. The van der Waals surface area contributed by atoms with Gasteiger partial charge >= 0.3 is 5.97 Å². The maximum absolute atomic E-state index is 11.3. The molecule has 0 saturated carbocycles. The molecule has 18 heavy (non-hydrogen) atoms.